The SMILES string of the molecule is CC1(C)CC1C(O)c1ccc(OC2CC2)cc1. The zero-order valence-corrected chi connectivity index (χ0v) is 10.5. The summed E-state index contributed by atoms with van der Waals surface area (Å²) in [4.78, 5) is 0. The highest BCUT2D eigenvalue weighted by Gasteiger charge is 2.50. The summed E-state index contributed by atoms with van der Waals surface area (Å²) < 4.78 is 5.70. The largest absolute Gasteiger partial charge is 0.490 e. The van der Waals surface area contributed by atoms with Gasteiger partial charge in [-0.2, -0.15) is 0 Å². The monoisotopic (exact) mass is 232 g/mol. The lowest BCUT2D eigenvalue weighted by Gasteiger charge is -2.13. The Kier molecular flexibility index (Phi) is 2.44. The summed E-state index contributed by atoms with van der Waals surface area (Å²) in [7, 11) is 0. The Balaban J connectivity index is 1.66. The Morgan fingerprint density at radius 1 is 1.24 bits per heavy atom. The van der Waals surface area contributed by atoms with Gasteiger partial charge in [0, 0.05) is 0 Å². The minimum atomic E-state index is -0.319. The Morgan fingerprint density at radius 3 is 2.29 bits per heavy atom. The number of hydrogen-bond donors (Lipinski definition) is 1. The molecule has 0 radical (unpaired) electrons. The summed E-state index contributed by atoms with van der Waals surface area (Å²) in [5.74, 6) is 1.34. The molecule has 17 heavy (non-hydrogen) atoms. The molecule has 0 spiro atoms. The smallest absolute Gasteiger partial charge is 0.119 e. The van der Waals surface area contributed by atoms with E-state index in [0.717, 1.165) is 17.7 Å². The normalized spacial score (nSPS) is 27.6. The number of aliphatic hydroxyl groups excluding tert-OH is 1. The summed E-state index contributed by atoms with van der Waals surface area (Å²) in [6, 6.07) is 7.95. The van der Waals surface area contributed by atoms with Crippen LogP contribution in [0.4, 0.5) is 0 Å². The van der Waals surface area contributed by atoms with Crippen LogP contribution in [-0.2, 0) is 0 Å². The van der Waals surface area contributed by atoms with Crippen LogP contribution in [0.5, 0.6) is 5.75 Å². The molecule has 2 saturated carbocycles. The summed E-state index contributed by atoms with van der Waals surface area (Å²) >= 11 is 0. The molecule has 1 N–H and O–H groups in total. The van der Waals surface area contributed by atoms with E-state index >= 15 is 0 Å². The second-order valence-corrected chi connectivity index (χ2v) is 6.13. The average Bonchev–Trinajstić information content (AvgIpc) is 3.18. The number of aliphatic hydroxyl groups is 1. The molecule has 0 saturated heterocycles. The van der Waals surface area contributed by atoms with Gasteiger partial charge in [0.2, 0.25) is 0 Å². The molecule has 2 unspecified atom stereocenters. The van der Waals surface area contributed by atoms with Gasteiger partial charge in [-0.1, -0.05) is 26.0 Å². The first-order valence-corrected chi connectivity index (χ1v) is 6.51. The van der Waals surface area contributed by atoms with E-state index in [1.807, 2.05) is 24.3 Å². The molecule has 2 aliphatic carbocycles. The summed E-state index contributed by atoms with van der Waals surface area (Å²) in [6.07, 6.45) is 3.60. The van der Waals surface area contributed by atoms with E-state index in [1.165, 1.54) is 12.8 Å². The van der Waals surface area contributed by atoms with Gasteiger partial charge in [-0.05, 0) is 48.3 Å². The predicted octanol–water partition coefficient (Wildman–Crippen LogP) is 3.31. The lowest BCUT2D eigenvalue weighted by atomic mass is 10.00. The number of rotatable bonds is 4. The van der Waals surface area contributed by atoms with E-state index < -0.39 is 0 Å². The molecule has 0 heterocycles. The number of benzene rings is 1. The standard InChI is InChI=1S/C15H20O2/c1-15(2)9-13(15)14(16)10-3-5-11(6-4-10)17-12-7-8-12/h3-6,12-14,16H,7-9H2,1-2H3. The van der Waals surface area contributed by atoms with Crippen LogP contribution in [0.3, 0.4) is 0 Å². The average molecular weight is 232 g/mol. The van der Waals surface area contributed by atoms with Gasteiger partial charge in [-0.25, -0.2) is 0 Å². The molecule has 0 aliphatic heterocycles. The summed E-state index contributed by atoms with van der Waals surface area (Å²) in [5, 5.41) is 10.2. The van der Waals surface area contributed by atoms with Crippen molar-refractivity contribution < 1.29 is 9.84 Å². The summed E-state index contributed by atoms with van der Waals surface area (Å²) in [5.41, 5.74) is 1.33. The molecular weight excluding hydrogens is 212 g/mol. The molecule has 1 aromatic carbocycles. The molecule has 2 heteroatoms. The Bertz CT molecular complexity index is 403. The quantitative estimate of drug-likeness (QED) is 0.863. The molecule has 2 atom stereocenters. The van der Waals surface area contributed by atoms with E-state index in [2.05, 4.69) is 13.8 Å². The Labute approximate surface area is 103 Å². The molecule has 0 aromatic heterocycles. The van der Waals surface area contributed by atoms with Gasteiger partial charge in [-0.3, -0.25) is 0 Å². The van der Waals surface area contributed by atoms with Gasteiger partial charge in [-0.15, -0.1) is 0 Å². The van der Waals surface area contributed by atoms with Gasteiger partial charge in [0.15, 0.2) is 0 Å². The van der Waals surface area contributed by atoms with E-state index in [-0.39, 0.29) is 6.10 Å². The molecule has 3 rings (SSSR count). The van der Waals surface area contributed by atoms with Crippen molar-refractivity contribution in [2.24, 2.45) is 11.3 Å². The second kappa shape index (κ2) is 3.74. The van der Waals surface area contributed by atoms with Crippen LogP contribution >= 0.6 is 0 Å². The van der Waals surface area contributed by atoms with Crippen molar-refractivity contribution in [3.05, 3.63) is 29.8 Å². The van der Waals surface area contributed by atoms with Gasteiger partial charge in [0.25, 0.3) is 0 Å². The van der Waals surface area contributed by atoms with Crippen LogP contribution < -0.4 is 4.74 Å². The first kappa shape index (κ1) is 11.1. The minimum absolute atomic E-state index is 0.308. The number of ether oxygens (including phenoxy) is 1. The Hall–Kier alpha value is -1.02. The van der Waals surface area contributed by atoms with Crippen molar-refractivity contribution in [3.8, 4) is 5.75 Å². The van der Waals surface area contributed by atoms with Crippen LogP contribution in [0.2, 0.25) is 0 Å². The van der Waals surface area contributed by atoms with Crippen molar-refractivity contribution in [1.82, 2.24) is 0 Å². The second-order valence-electron chi connectivity index (χ2n) is 6.13. The van der Waals surface area contributed by atoms with Crippen LogP contribution in [0.1, 0.15) is 44.8 Å². The highest BCUT2D eigenvalue weighted by atomic mass is 16.5. The Morgan fingerprint density at radius 2 is 1.82 bits per heavy atom. The van der Waals surface area contributed by atoms with Crippen LogP contribution in [0.25, 0.3) is 0 Å². The lowest BCUT2D eigenvalue weighted by molar-refractivity contribution is 0.138. The molecule has 0 bridgehead atoms. The van der Waals surface area contributed by atoms with Crippen molar-refractivity contribution in [1.29, 1.82) is 0 Å². The first-order valence-electron chi connectivity index (χ1n) is 6.51. The maximum Gasteiger partial charge on any atom is 0.119 e. The molecule has 2 nitrogen and oxygen atoms in total. The van der Waals surface area contributed by atoms with E-state index in [9.17, 15) is 5.11 Å². The first-order chi connectivity index (χ1) is 8.06. The van der Waals surface area contributed by atoms with Crippen molar-refractivity contribution >= 4 is 0 Å². The fourth-order valence-electron chi connectivity index (χ4n) is 2.40. The van der Waals surface area contributed by atoms with Gasteiger partial charge in [0.1, 0.15) is 5.75 Å². The van der Waals surface area contributed by atoms with E-state index in [0.29, 0.717) is 17.4 Å². The van der Waals surface area contributed by atoms with Gasteiger partial charge < -0.3 is 9.84 Å². The van der Waals surface area contributed by atoms with E-state index in [4.69, 9.17) is 4.74 Å². The maximum atomic E-state index is 10.2. The van der Waals surface area contributed by atoms with E-state index in [1.54, 1.807) is 0 Å². The minimum Gasteiger partial charge on any atom is -0.490 e. The zero-order valence-electron chi connectivity index (χ0n) is 10.5. The fourth-order valence-corrected chi connectivity index (χ4v) is 2.40. The van der Waals surface area contributed by atoms with Crippen molar-refractivity contribution in [3.63, 3.8) is 0 Å². The molecule has 1 aromatic rings. The topological polar surface area (TPSA) is 29.5 Å². The van der Waals surface area contributed by atoms with Crippen LogP contribution in [-0.4, -0.2) is 11.2 Å². The lowest BCUT2D eigenvalue weighted by Crippen LogP contribution is -2.04. The predicted molar refractivity (Wildman–Crippen MR) is 66.9 cm³/mol. The molecule has 92 valence electrons. The third kappa shape index (κ3) is 2.32. The van der Waals surface area contributed by atoms with Gasteiger partial charge in [0.05, 0.1) is 12.2 Å². The van der Waals surface area contributed by atoms with Crippen LogP contribution in [0, 0.1) is 11.3 Å². The highest BCUT2D eigenvalue weighted by Crippen LogP contribution is 2.57. The van der Waals surface area contributed by atoms with Gasteiger partial charge >= 0.3 is 0 Å². The molecule has 0 amide bonds. The summed E-state index contributed by atoms with van der Waals surface area (Å²) in [6.45, 7) is 4.43. The molecular formula is C15H20O2. The zero-order chi connectivity index (χ0) is 12.0. The number of hydrogen-bond acceptors (Lipinski definition) is 2. The molecule has 2 aliphatic rings. The highest BCUT2D eigenvalue weighted by molar-refractivity contribution is 5.30. The van der Waals surface area contributed by atoms with Crippen LogP contribution in [0.15, 0.2) is 24.3 Å². The van der Waals surface area contributed by atoms with Crippen molar-refractivity contribution in [2.45, 2.75) is 45.3 Å². The van der Waals surface area contributed by atoms with Crippen molar-refractivity contribution in [2.75, 3.05) is 0 Å². The molecule has 2 fully saturated rings. The maximum absolute atomic E-state index is 10.2. The fraction of sp³-hybridized carbons (Fsp3) is 0.600. The third-order valence-electron chi connectivity index (χ3n) is 4.02. The third-order valence-corrected chi connectivity index (χ3v) is 4.02.